The van der Waals surface area contributed by atoms with Crippen LogP contribution in [0.1, 0.15) is 25.5 Å². The minimum atomic E-state index is -3.69. The van der Waals surface area contributed by atoms with Crippen LogP contribution in [0.3, 0.4) is 0 Å². The van der Waals surface area contributed by atoms with E-state index in [0.29, 0.717) is 34.4 Å². The highest BCUT2D eigenvalue weighted by molar-refractivity contribution is 9.09. The van der Waals surface area contributed by atoms with Crippen molar-refractivity contribution in [2.45, 2.75) is 29.6 Å². The molecule has 0 bridgehead atoms. The lowest BCUT2D eigenvalue weighted by molar-refractivity contribution is 0.345. The molecule has 0 atom stereocenters. The summed E-state index contributed by atoms with van der Waals surface area (Å²) in [7, 11) is -3.69. The number of rotatable bonds is 6. The van der Waals surface area contributed by atoms with E-state index in [0.717, 1.165) is 0 Å². The van der Waals surface area contributed by atoms with Gasteiger partial charge in [-0.25, -0.2) is 8.42 Å². The lowest BCUT2D eigenvalue weighted by atomic mass is 10.1. The van der Waals surface area contributed by atoms with Crippen LogP contribution in [0.4, 0.5) is 0 Å². The number of hydrogen-bond acceptors (Lipinski definition) is 4. The predicted octanol–water partition coefficient (Wildman–Crippen LogP) is 5.16. The van der Waals surface area contributed by atoms with Crippen LogP contribution >= 0.6 is 15.9 Å². The summed E-state index contributed by atoms with van der Waals surface area (Å²) in [4.78, 5) is 0.486. The van der Waals surface area contributed by atoms with E-state index in [1.54, 1.807) is 36.4 Å². The van der Waals surface area contributed by atoms with E-state index in [4.69, 9.17) is 9.15 Å². The van der Waals surface area contributed by atoms with E-state index in [2.05, 4.69) is 15.9 Å². The molecule has 3 aromatic rings. The van der Waals surface area contributed by atoms with Gasteiger partial charge in [-0.15, -0.1) is 0 Å². The number of ether oxygens (including phenoxy) is 1. The van der Waals surface area contributed by atoms with Crippen molar-refractivity contribution < 1.29 is 17.6 Å². The highest BCUT2D eigenvalue weighted by Crippen LogP contribution is 2.37. The van der Waals surface area contributed by atoms with E-state index >= 15 is 0 Å². The summed E-state index contributed by atoms with van der Waals surface area (Å²) in [5.74, 6) is 1.08. The number of para-hydroxylation sites is 1. The standard InChI is InChI=1S/C19H19BrO4S/c1-13(2)18-19(16-5-3-4-6-17(16)24-18)25(21,22)15-9-7-14(8-10-15)23-12-11-20/h3-10,13H,11-12H2,1-2H3. The molecule has 0 aliphatic rings. The molecule has 0 saturated heterocycles. The Hall–Kier alpha value is -1.79. The molecular weight excluding hydrogens is 404 g/mol. The Morgan fingerprint density at radius 1 is 1.08 bits per heavy atom. The zero-order chi connectivity index (χ0) is 18.0. The van der Waals surface area contributed by atoms with Crippen LogP contribution in [-0.4, -0.2) is 20.4 Å². The molecule has 0 spiro atoms. The van der Waals surface area contributed by atoms with Gasteiger partial charge in [0.2, 0.25) is 9.84 Å². The lowest BCUT2D eigenvalue weighted by Gasteiger charge is -2.09. The Morgan fingerprint density at radius 3 is 2.40 bits per heavy atom. The first kappa shape index (κ1) is 18.0. The molecule has 0 N–H and O–H groups in total. The Morgan fingerprint density at radius 2 is 1.76 bits per heavy atom. The fraction of sp³-hybridized carbons (Fsp3) is 0.263. The molecule has 2 aromatic carbocycles. The third kappa shape index (κ3) is 3.46. The van der Waals surface area contributed by atoms with Crippen LogP contribution in [0.15, 0.2) is 62.7 Å². The average Bonchev–Trinajstić information content (AvgIpc) is 3.01. The van der Waals surface area contributed by atoms with E-state index in [-0.39, 0.29) is 15.7 Å². The summed E-state index contributed by atoms with van der Waals surface area (Å²) in [6.07, 6.45) is 0. The van der Waals surface area contributed by atoms with Gasteiger partial charge < -0.3 is 9.15 Å². The van der Waals surface area contributed by atoms with Crippen molar-refractivity contribution in [2.75, 3.05) is 11.9 Å². The second-order valence-electron chi connectivity index (χ2n) is 5.96. The fourth-order valence-corrected chi connectivity index (χ4v) is 4.58. The van der Waals surface area contributed by atoms with Gasteiger partial charge in [0.15, 0.2) is 0 Å². The molecule has 0 aliphatic carbocycles. The zero-order valence-corrected chi connectivity index (χ0v) is 16.4. The number of benzene rings is 2. The maximum Gasteiger partial charge on any atom is 0.210 e. The first-order valence-electron chi connectivity index (χ1n) is 8.00. The largest absolute Gasteiger partial charge is 0.493 e. The minimum absolute atomic E-state index is 0.0429. The summed E-state index contributed by atoms with van der Waals surface area (Å²) in [6.45, 7) is 4.37. The molecule has 3 rings (SSSR count). The van der Waals surface area contributed by atoms with Crippen LogP contribution < -0.4 is 4.74 Å². The van der Waals surface area contributed by atoms with Crippen LogP contribution in [0.2, 0.25) is 0 Å². The fourth-order valence-electron chi connectivity index (χ4n) is 2.69. The van der Waals surface area contributed by atoms with Crippen LogP contribution in [0, 0.1) is 0 Å². The topological polar surface area (TPSA) is 56.5 Å². The minimum Gasteiger partial charge on any atom is -0.493 e. The van der Waals surface area contributed by atoms with E-state index in [1.807, 2.05) is 26.0 Å². The maximum atomic E-state index is 13.3. The first-order chi connectivity index (χ1) is 11.9. The number of halogens is 1. The van der Waals surface area contributed by atoms with Crippen molar-refractivity contribution in [3.05, 3.63) is 54.3 Å². The maximum absolute atomic E-state index is 13.3. The quantitative estimate of drug-likeness (QED) is 0.514. The third-order valence-electron chi connectivity index (χ3n) is 3.85. The first-order valence-corrected chi connectivity index (χ1v) is 10.6. The Balaban J connectivity index is 2.11. The van der Waals surface area contributed by atoms with Gasteiger partial charge in [-0.05, 0) is 36.4 Å². The van der Waals surface area contributed by atoms with Gasteiger partial charge in [-0.2, -0.15) is 0 Å². The van der Waals surface area contributed by atoms with Crippen molar-refractivity contribution in [3.63, 3.8) is 0 Å². The van der Waals surface area contributed by atoms with Gasteiger partial charge in [-0.1, -0.05) is 41.9 Å². The molecule has 0 saturated carbocycles. The normalized spacial score (nSPS) is 12.0. The van der Waals surface area contributed by atoms with Crippen molar-refractivity contribution in [3.8, 4) is 5.75 Å². The molecule has 0 radical (unpaired) electrons. The SMILES string of the molecule is CC(C)c1oc2ccccc2c1S(=O)(=O)c1ccc(OCCBr)cc1. The zero-order valence-electron chi connectivity index (χ0n) is 14.0. The second-order valence-corrected chi connectivity index (χ2v) is 8.64. The highest BCUT2D eigenvalue weighted by Gasteiger charge is 2.29. The van der Waals surface area contributed by atoms with Crippen molar-refractivity contribution in [1.29, 1.82) is 0 Å². The number of furan rings is 1. The van der Waals surface area contributed by atoms with Crippen LogP contribution in [0.5, 0.6) is 5.75 Å². The lowest BCUT2D eigenvalue weighted by Crippen LogP contribution is -2.05. The monoisotopic (exact) mass is 422 g/mol. The summed E-state index contributed by atoms with van der Waals surface area (Å²) >= 11 is 3.29. The van der Waals surface area contributed by atoms with Gasteiger partial charge >= 0.3 is 0 Å². The summed E-state index contributed by atoms with van der Waals surface area (Å²) in [6, 6.07) is 13.7. The van der Waals surface area contributed by atoms with Gasteiger partial charge in [0, 0.05) is 16.6 Å². The van der Waals surface area contributed by atoms with E-state index in [9.17, 15) is 8.42 Å². The van der Waals surface area contributed by atoms with Gasteiger partial charge in [0.05, 0.1) is 11.5 Å². The van der Waals surface area contributed by atoms with Gasteiger partial charge in [0.1, 0.15) is 22.0 Å². The third-order valence-corrected chi connectivity index (χ3v) is 6.02. The second kappa shape index (κ2) is 7.22. The molecule has 1 aromatic heterocycles. The number of alkyl halides is 1. The summed E-state index contributed by atoms with van der Waals surface area (Å²) in [5.41, 5.74) is 0.585. The molecule has 0 unspecified atom stereocenters. The van der Waals surface area contributed by atoms with Crippen molar-refractivity contribution in [1.82, 2.24) is 0 Å². The van der Waals surface area contributed by atoms with Crippen LogP contribution in [-0.2, 0) is 9.84 Å². The number of hydrogen-bond donors (Lipinski definition) is 0. The van der Waals surface area contributed by atoms with E-state index in [1.165, 1.54) is 0 Å². The Labute approximate surface area is 155 Å². The van der Waals surface area contributed by atoms with Crippen molar-refractivity contribution in [2.24, 2.45) is 0 Å². The Bertz CT molecular complexity index is 972. The smallest absolute Gasteiger partial charge is 0.210 e. The molecule has 132 valence electrons. The van der Waals surface area contributed by atoms with Crippen LogP contribution in [0.25, 0.3) is 11.0 Å². The summed E-state index contributed by atoms with van der Waals surface area (Å²) < 4.78 is 37.8. The molecule has 0 amide bonds. The molecule has 0 fully saturated rings. The summed E-state index contributed by atoms with van der Waals surface area (Å²) in [5, 5.41) is 1.33. The molecule has 1 heterocycles. The van der Waals surface area contributed by atoms with E-state index < -0.39 is 9.84 Å². The van der Waals surface area contributed by atoms with Gasteiger partial charge in [-0.3, -0.25) is 0 Å². The average molecular weight is 423 g/mol. The number of sulfone groups is 1. The molecule has 25 heavy (non-hydrogen) atoms. The molecular formula is C19H19BrO4S. The number of fused-ring (bicyclic) bond motifs is 1. The molecule has 4 nitrogen and oxygen atoms in total. The highest BCUT2D eigenvalue weighted by atomic mass is 79.9. The van der Waals surface area contributed by atoms with Gasteiger partial charge in [0.25, 0.3) is 0 Å². The molecule has 6 heteroatoms. The predicted molar refractivity (Wildman–Crippen MR) is 101 cm³/mol. The molecule has 0 aliphatic heterocycles. The Kier molecular flexibility index (Phi) is 5.20. The van der Waals surface area contributed by atoms with Crippen molar-refractivity contribution >= 4 is 36.7 Å².